The molecule has 0 unspecified atom stereocenters. The fraction of sp³-hybridized carbons (Fsp3) is 0.350. The van der Waals surface area contributed by atoms with Gasteiger partial charge in [-0.05, 0) is 74.1 Å². The molecule has 0 bridgehead atoms. The Morgan fingerprint density at radius 2 is 1.79 bits per heavy atom. The second-order valence-electron chi connectivity index (χ2n) is 6.33. The Kier molecular flexibility index (Phi) is 5.52. The van der Waals surface area contributed by atoms with E-state index in [0.717, 1.165) is 11.3 Å². The van der Waals surface area contributed by atoms with Crippen LogP contribution >= 0.6 is 23.4 Å². The summed E-state index contributed by atoms with van der Waals surface area (Å²) in [5, 5.41) is 3.69. The smallest absolute Gasteiger partial charge is 0.233 e. The van der Waals surface area contributed by atoms with E-state index in [1.165, 1.54) is 29.5 Å². The van der Waals surface area contributed by atoms with E-state index in [0.29, 0.717) is 5.02 Å². The van der Waals surface area contributed by atoms with Gasteiger partial charge in [-0.1, -0.05) is 29.8 Å². The zero-order valence-electron chi connectivity index (χ0n) is 14.0. The van der Waals surface area contributed by atoms with Gasteiger partial charge in [-0.25, -0.2) is 0 Å². The second-order valence-corrected chi connectivity index (χ2v) is 8.18. The highest BCUT2D eigenvalue weighted by molar-refractivity contribution is 8.00. The fourth-order valence-corrected chi connectivity index (χ4v) is 4.05. The van der Waals surface area contributed by atoms with Crippen LogP contribution in [0.15, 0.2) is 47.4 Å². The number of hydrogen-bond donors (Lipinski definition) is 1. The van der Waals surface area contributed by atoms with E-state index in [1.54, 1.807) is 11.8 Å². The lowest BCUT2D eigenvalue weighted by atomic mass is 10.0. The Morgan fingerprint density at radius 1 is 1.08 bits per heavy atom. The van der Waals surface area contributed by atoms with Crippen molar-refractivity contribution in [3.8, 4) is 0 Å². The number of benzene rings is 2. The summed E-state index contributed by atoms with van der Waals surface area (Å²) < 4.78 is 0. The summed E-state index contributed by atoms with van der Waals surface area (Å²) in [7, 11) is 0. The van der Waals surface area contributed by atoms with Crippen molar-refractivity contribution in [2.24, 2.45) is 0 Å². The largest absolute Gasteiger partial charge is 0.349 e. The number of nitrogens with one attached hydrogen (secondary N) is 1. The van der Waals surface area contributed by atoms with E-state index in [2.05, 4.69) is 23.5 Å². The van der Waals surface area contributed by atoms with Crippen LogP contribution in [-0.2, 0) is 17.6 Å². The molecule has 1 N–H and O–H groups in total. The molecule has 0 saturated heterocycles. The van der Waals surface area contributed by atoms with E-state index in [9.17, 15) is 4.79 Å². The summed E-state index contributed by atoms with van der Waals surface area (Å²) in [6.07, 6.45) is 3.59. The maximum atomic E-state index is 12.5. The van der Waals surface area contributed by atoms with Crippen LogP contribution in [0.5, 0.6) is 0 Å². The van der Waals surface area contributed by atoms with Gasteiger partial charge in [-0.2, -0.15) is 0 Å². The van der Waals surface area contributed by atoms with Gasteiger partial charge in [0.25, 0.3) is 0 Å². The minimum atomic E-state index is -0.150. The van der Waals surface area contributed by atoms with Crippen molar-refractivity contribution < 1.29 is 4.79 Å². The Bertz CT molecular complexity index is 729. The van der Waals surface area contributed by atoms with Gasteiger partial charge < -0.3 is 5.32 Å². The number of amides is 1. The second kappa shape index (κ2) is 7.62. The number of thioether (sulfide) groups is 1. The van der Waals surface area contributed by atoms with Crippen molar-refractivity contribution in [3.63, 3.8) is 0 Å². The summed E-state index contributed by atoms with van der Waals surface area (Å²) in [5.41, 5.74) is 4.09. The summed E-state index contributed by atoms with van der Waals surface area (Å²) in [4.78, 5) is 13.5. The first kappa shape index (κ1) is 17.4. The lowest BCUT2D eigenvalue weighted by Gasteiger charge is -2.18. The number of rotatable bonds is 5. The third-order valence-electron chi connectivity index (χ3n) is 4.48. The number of hydrogen-bond acceptors (Lipinski definition) is 2. The molecule has 1 aliphatic carbocycles. The van der Waals surface area contributed by atoms with Gasteiger partial charge >= 0.3 is 0 Å². The molecule has 2 nitrogen and oxygen atoms in total. The van der Waals surface area contributed by atoms with Gasteiger partial charge in [-0.3, -0.25) is 4.79 Å². The molecule has 0 spiro atoms. The molecular formula is C20H22ClNOS. The first-order chi connectivity index (χ1) is 11.5. The van der Waals surface area contributed by atoms with Crippen LogP contribution in [0.1, 0.15) is 43.0 Å². The molecular weight excluding hydrogens is 338 g/mol. The molecule has 0 aromatic heterocycles. The number of fused-ring (bicyclic) bond motifs is 1. The van der Waals surface area contributed by atoms with Crippen LogP contribution in [-0.4, -0.2) is 11.2 Å². The van der Waals surface area contributed by atoms with E-state index >= 15 is 0 Å². The zero-order chi connectivity index (χ0) is 17.1. The average molecular weight is 360 g/mol. The molecule has 0 aliphatic heterocycles. The topological polar surface area (TPSA) is 29.1 Å². The van der Waals surface area contributed by atoms with Gasteiger partial charge in [0.1, 0.15) is 0 Å². The summed E-state index contributed by atoms with van der Waals surface area (Å²) >= 11 is 7.45. The third kappa shape index (κ3) is 4.14. The van der Waals surface area contributed by atoms with E-state index in [1.807, 2.05) is 38.1 Å². The van der Waals surface area contributed by atoms with Crippen molar-refractivity contribution in [2.75, 3.05) is 0 Å². The molecule has 1 aliphatic rings. The van der Waals surface area contributed by atoms with Gasteiger partial charge in [0.05, 0.1) is 11.3 Å². The third-order valence-corrected chi connectivity index (χ3v) is 5.84. The van der Waals surface area contributed by atoms with E-state index in [-0.39, 0.29) is 17.2 Å². The van der Waals surface area contributed by atoms with Crippen molar-refractivity contribution in [2.45, 2.75) is 49.3 Å². The van der Waals surface area contributed by atoms with Crippen molar-refractivity contribution in [3.05, 3.63) is 64.2 Å². The molecule has 0 saturated carbocycles. The molecule has 2 atom stereocenters. The molecule has 4 heteroatoms. The Hall–Kier alpha value is -1.45. The van der Waals surface area contributed by atoms with Crippen LogP contribution in [0.4, 0.5) is 0 Å². The minimum absolute atomic E-state index is 0.0247. The van der Waals surface area contributed by atoms with Crippen molar-refractivity contribution >= 4 is 29.3 Å². The number of halogens is 1. The van der Waals surface area contributed by atoms with Crippen LogP contribution in [0, 0.1) is 0 Å². The maximum absolute atomic E-state index is 12.5. The minimum Gasteiger partial charge on any atom is -0.349 e. The predicted octanol–water partition coefficient (Wildman–Crippen LogP) is 5.19. The highest BCUT2D eigenvalue weighted by Crippen LogP contribution is 2.27. The molecule has 24 heavy (non-hydrogen) atoms. The van der Waals surface area contributed by atoms with Gasteiger partial charge in [-0.15, -0.1) is 11.8 Å². The molecule has 2 aromatic carbocycles. The highest BCUT2D eigenvalue weighted by Gasteiger charge is 2.19. The summed E-state index contributed by atoms with van der Waals surface area (Å²) in [5.74, 6) is 0.0583. The van der Waals surface area contributed by atoms with Crippen LogP contribution < -0.4 is 5.32 Å². The molecule has 3 rings (SSSR count). The Balaban J connectivity index is 1.60. The monoisotopic (exact) mass is 359 g/mol. The molecule has 0 radical (unpaired) electrons. The van der Waals surface area contributed by atoms with Gasteiger partial charge in [0.2, 0.25) is 5.91 Å². The summed E-state index contributed by atoms with van der Waals surface area (Å²) in [6.45, 7) is 3.98. The average Bonchev–Trinajstić information content (AvgIpc) is 3.04. The van der Waals surface area contributed by atoms with Crippen LogP contribution in [0.25, 0.3) is 0 Å². The first-order valence-corrected chi connectivity index (χ1v) is 9.63. The standard InChI is InChI=1S/C20H22ClNOS/c1-13(16-7-6-15-4-3-5-17(15)12-16)22-20(23)14(2)24-19-10-8-18(21)9-11-19/h6-14H,3-5H2,1-2H3,(H,22,23)/t13-,14-/m0/s1. The Morgan fingerprint density at radius 3 is 2.54 bits per heavy atom. The molecule has 1 amide bonds. The lowest BCUT2D eigenvalue weighted by molar-refractivity contribution is -0.120. The predicted molar refractivity (Wildman–Crippen MR) is 102 cm³/mol. The number of aryl methyl sites for hydroxylation is 2. The van der Waals surface area contributed by atoms with Crippen LogP contribution in [0.2, 0.25) is 5.02 Å². The van der Waals surface area contributed by atoms with Crippen molar-refractivity contribution in [1.82, 2.24) is 5.32 Å². The molecule has 0 heterocycles. The zero-order valence-corrected chi connectivity index (χ0v) is 15.6. The van der Waals surface area contributed by atoms with Crippen molar-refractivity contribution in [1.29, 1.82) is 0 Å². The molecule has 0 fully saturated rings. The fourth-order valence-electron chi connectivity index (χ4n) is 3.05. The van der Waals surface area contributed by atoms with Crippen LogP contribution in [0.3, 0.4) is 0 Å². The SMILES string of the molecule is C[C@H](Sc1ccc(Cl)cc1)C(=O)N[C@@H](C)c1ccc2c(c1)CCC2. The summed E-state index contributed by atoms with van der Waals surface area (Å²) in [6, 6.07) is 14.2. The number of carbonyl (C=O) groups excluding carboxylic acids is 1. The van der Waals surface area contributed by atoms with E-state index < -0.39 is 0 Å². The van der Waals surface area contributed by atoms with Gasteiger partial charge in [0, 0.05) is 9.92 Å². The lowest BCUT2D eigenvalue weighted by Crippen LogP contribution is -2.33. The Labute approximate surface area is 153 Å². The highest BCUT2D eigenvalue weighted by atomic mass is 35.5. The van der Waals surface area contributed by atoms with E-state index in [4.69, 9.17) is 11.6 Å². The molecule has 126 valence electrons. The first-order valence-electron chi connectivity index (χ1n) is 8.37. The maximum Gasteiger partial charge on any atom is 0.233 e. The quantitative estimate of drug-likeness (QED) is 0.744. The number of carbonyl (C=O) groups is 1. The van der Waals surface area contributed by atoms with Gasteiger partial charge in [0.15, 0.2) is 0 Å². The normalized spacial score (nSPS) is 15.6. The molecule has 2 aromatic rings.